The minimum atomic E-state index is -0.631. The predicted molar refractivity (Wildman–Crippen MR) is 124 cm³/mol. The number of carbonyl (C=O) groups excluding carboxylic acids is 1. The maximum absolute atomic E-state index is 13.5. The van der Waals surface area contributed by atoms with Gasteiger partial charge in [0, 0.05) is 6.54 Å². The van der Waals surface area contributed by atoms with Crippen molar-refractivity contribution >= 4 is 5.78 Å². The average molecular weight is 447 g/mol. The van der Waals surface area contributed by atoms with E-state index in [1.165, 1.54) is 6.92 Å². The third-order valence-corrected chi connectivity index (χ3v) is 5.40. The minimum Gasteiger partial charge on any atom is -0.497 e. The summed E-state index contributed by atoms with van der Waals surface area (Å²) in [4.78, 5) is 26.4. The molecule has 0 atom stereocenters. The fraction of sp³-hybridized carbons (Fsp3) is 0.269. The summed E-state index contributed by atoms with van der Waals surface area (Å²) in [6.45, 7) is 3.98. The van der Waals surface area contributed by atoms with E-state index in [0.717, 1.165) is 16.6 Å². The lowest BCUT2D eigenvalue weighted by Gasteiger charge is -2.17. The number of aryl methyl sites for hydroxylation is 1. The number of rotatable bonds is 9. The molecule has 1 heterocycles. The van der Waals surface area contributed by atoms with Crippen LogP contribution in [-0.4, -0.2) is 29.2 Å². The van der Waals surface area contributed by atoms with Gasteiger partial charge in [-0.25, -0.2) is 0 Å². The molecule has 0 saturated heterocycles. The summed E-state index contributed by atoms with van der Waals surface area (Å²) in [7, 11) is 1.58. The maximum Gasteiger partial charge on any atom is 0.271 e. The third kappa shape index (κ3) is 4.90. The summed E-state index contributed by atoms with van der Waals surface area (Å²) >= 11 is 0. The molecule has 0 aliphatic rings. The van der Waals surface area contributed by atoms with Gasteiger partial charge in [0.1, 0.15) is 23.1 Å². The number of hydrogen-bond acceptors (Lipinski definition) is 6. The minimum absolute atomic E-state index is 0.0755. The number of hydrogen-bond donors (Lipinski definition) is 1. The van der Waals surface area contributed by atoms with Crippen molar-refractivity contribution in [2.24, 2.45) is 0 Å². The second-order valence-electron chi connectivity index (χ2n) is 7.54. The Bertz CT molecular complexity index is 1250. The maximum atomic E-state index is 13.5. The summed E-state index contributed by atoms with van der Waals surface area (Å²) in [6.07, 6.45) is 1.18. The molecule has 7 heteroatoms. The molecular weight excluding hydrogens is 420 g/mol. The van der Waals surface area contributed by atoms with Gasteiger partial charge in [0.25, 0.3) is 5.56 Å². The molecule has 170 valence electrons. The van der Waals surface area contributed by atoms with Crippen LogP contribution < -0.4 is 15.0 Å². The van der Waals surface area contributed by atoms with Crippen molar-refractivity contribution in [3.63, 3.8) is 0 Å². The van der Waals surface area contributed by atoms with Crippen LogP contribution in [0.1, 0.15) is 46.0 Å². The highest BCUT2D eigenvalue weighted by atomic mass is 16.5. The van der Waals surface area contributed by atoms with E-state index < -0.39 is 17.2 Å². The number of nitriles is 1. The zero-order valence-corrected chi connectivity index (χ0v) is 18.9. The van der Waals surface area contributed by atoms with E-state index in [9.17, 15) is 20.0 Å². The van der Waals surface area contributed by atoms with E-state index in [1.54, 1.807) is 43.5 Å². The van der Waals surface area contributed by atoms with E-state index >= 15 is 0 Å². The SMILES string of the molecule is CCCOc1ccccc1C(=O)c1c(C)c(C#N)c(=O)n(CCc2ccc(OC)cc2)c1O. The van der Waals surface area contributed by atoms with Crippen molar-refractivity contribution in [2.75, 3.05) is 13.7 Å². The number of benzene rings is 2. The van der Waals surface area contributed by atoms with Crippen molar-refractivity contribution in [3.8, 4) is 23.4 Å². The third-order valence-electron chi connectivity index (χ3n) is 5.40. The number of para-hydroxylation sites is 1. The molecule has 3 rings (SSSR count). The van der Waals surface area contributed by atoms with Crippen molar-refractivity contribution in [2.45, 2.75) is 33.2 Å². The van der Waals surface area contributed by atoms with Gasteiger partial charge in [-0.05, 0) is 55.2 Å². The molecule has 0 radical (unpaired) electrons. The molecule has 0 unspecified atom stereocenters. The lowest BCUT2D eigenvalue weighted by molar-refractivity contribution is 0.103. The zero-order chi connectivity index (χ0) is 24.0. The van der Waals surface area contributed by atoms with E-state index in [4.69, 9.17) is 9.47 Å². The van der Waals surface area contributed by atoms with Gasteiger partial charge in [0.05, 0.1) is 24.8 Å². The monoisotopic (exact) mass is 446 g/mol. The molecule has 33 heavy (non-hydrogen) atoms. The van der Waals surface area contributed by atoms with Crippen LogP contribution in [0, 0.1) is 18.3 Å². The van der Waals surface area contributed by atoms with Gasteiger partial charge < -0.3 is 14.6 Å². The van der Waals surface area contributed by atoms with E-state index in [1.807, 2.05) is 25.1 Å². The van der Waals surface area contributed by atoms with Crippen LogP contribution in [0.3, 0.4) is 0 Å². The number of pyridine rings is 1. The number of ether oxygens (including phenoxy) is 2. The van der Waals surface area contributed by atoms with Gasteiger partial charge in [-0.3, -0.25) is 14.2 Å². The van der Waals surface area contributed by atoms with Crippen molar-refractivity contribution in [1.82, 2.24) is 4.57 Å². The number of ketones is 1. The summed E-state index contributed by atoms with van der Waals surface area (Å²) in [5.41, 5.74) is 0.441. The average Bonchev–Trinajstić information content (AvgIpc) is 2.83. The fourth-order valence-electron chi connectivity index (χ4n) is 3.59. The van der Waals surface area contributed by atoms with E-state index in [-0.39, 0.29) is 28.8 Å². The lowest BCUT2D eigenvalue weighted by atomic mass is 9.96. The summed E-state index contributed by atoms with van der Waals surface area (Å²) in [5.74, 6) is 0.127. The number of aromatic hydroxyl groups is 1. The molecule has 0 bridgehead atoms. The molecule has 0 aliphatic carbocycles. The number of carbonyl (C=O) groups is 1. The number of methoxy groups -OCH3 is 1. The standard InChI is InChI=1S/C26H26N2O5/c1-4-15-33-22-8-6-5-7-20(22)24(29)23-17(2)21(16-27)25(30)28(26(23)31)14-13-18-9-11-19(32-3)12-10-18/h5-12,31H,4,13-15H2,1-3H3. The van der Waals surface area contributed by atoms with E-state index in [0.29, 0.717) is 24.5 Å². The Morgan fingerprint density at radius 1 is 1.15 bits per heavy atom. The Labute approximate surface area is 192 Å². The first-order valence-electron chi connectivity index (χ1n) is 10.7. The van der Waals surface area contributed by atoms with Crippen molar-refractivity contribution in [1.29, 1.82) is 5.26 Å². The molecule has 0 fully saturated rings. The van der Waals surface area contributed by atoms with Crippen LogP contribution in [0.5, 0.6) is 17.4 Å². The Hall–Kier alpha value is -4.05. The first-order chi connectivity index (χ1) is 15.9. The smallest absolute Gasteiger partial charge is 0.271 e. The molecule has 2 aromatic carbocycles. The second-order valence-corrected chi connectivity index (χ2v) is 7.54. The van der Waals surface area contributed by atoms with E-state index in [2.05, 4.69) is 0 Å². The highest BCUT2D eigenvalue weighted by Gasteiger charge is 2.26. The molecule has 1 N–H and O–H groups in total. The number of aromatic nitrogens is 1. The highest BCUT2D eigenvalue weighted by Crippen LogP contribution is 2.29. The molecule has 0 spiro atoms. The van der Waals surface area contributed by atoms with Crippen LogP contribution >= 0.6 is 0 Å². The van der Waals surface area contributed by atoms with Crippen molar-refractivity contribution < 1.29 is 19.4 Å². The quantitative estimate of drug-likeness (QED) is 0.499. The molecule has 0 amide bonds. The molecule has 0 saturated carbocycles. The summed E-state index contributed by atoms with van der Waals surface area (Å²) in [6, 6.07) is 15.9. The number of nitrogens with zero attached hydrogens (tertiary/aromatic N) is 2. The lowest BCUT2D eigenvalue weighted by Crippen LogP contribution is -2.27. The van der Waals surface area contributed by atoms with Gasteiger partial charge in [-0.2, -0.15) is 5.26 Å². The first-order valence-corrected chi connectivity index (χ1v) is 10.7. The van der Waals surface area contributed by atoms with Gasteiger partial charge in [-0.15, -0.1) is 0 Å². The molecule has 3 aromatic rings. The second kappa shape index (κ2) is 10.5. The fourth-order valence-corrected chi connectivity index (χ4v) is 3.59. The van der Waals surface area contributed by atoms with Crippen molar-refractivity contribution in [3.05, 3.63) is 86.7 Å². The van der Waals surface area contributed by atoms with Crippen LogP contribution in [0.15, 0.2) is 53.3 Å². The topological polar surface area (TPSA) is 102 Å². The highest BCUT2D eigenvalue weighted by molar-refractivity contribution is 6.13. The van der Waals surface area contributed by atoms with Gasteiger partial charge in [0.15, 0.2) is 0 Å². The summed E-state index contributed by atoms with van der Waals surface area (Å²) < 4.78 is 11.9. The molecular formula is C26H26N2O5. The van der Waals surface area contributed by atoms with Crippen LogP contribution in [-0.2, 0) is 13.0 Å². The van der Waals surface area contributed by atoms with Crippen LogP contribution in [0.25, 0.3) is 0 Å². The Morgan fingerprint density at radius 3 is 2.48 bits per heavy atom. The Balaban J connectivity index is 2.05. The van der Waals surface area contributed by atoms with Crippen LogP contribution in [0.4, 0.5) is 0 Å². The predicted octanol–water partition coefficient (Wildman–Crippen LogP) is 4.01. The van der Waals surface area contributed by atoms with Gasteiger partial charge in [0.2, 0.25) is 11.7 Å². The normalized spacial score (nSPS) is 10.5. The van der Waals surface area contributed by atoms with Gasteiger partial charge in [-0.1, -0.05) is 31.2 Å². The zero-order valence-electron chi connectivity index (χ0n) is 18.9. The van der Waals surface area contributed by atoms with Gasteiger partial charge >= 0.3 is 0 Å². The molecule has 1 aromatic heterocycles. The Kier molecular flexibility index (Phi) is 7.52. The Morgan fingerprint density at radius 2 is 1.85 bits per heavy atom. The molecule has 7 nitrogen and oxygen atoms in total. The summed E-state index contributed by atoms with van der Waals surface area (Å²) in [5, 5.41) is 20.6. The largest absolute Gasteiger partial charge is 0.497 e. The van der Waals surface area contributed by atoms with Crippen LogP contribution in [0.2, 0.25) is 0 Å². The first kappa shape index (κ1) is 23.6. The molecule has 0 aliphatic heterocycles.